The van der Waals surface area contributed by atoms with E-state index in [-0.39, 0.29) is 0 Å². The Kier molecular flexibility index (Phi) is 3.22. The maximum atomic E-state index is 5.74. The fourth-order valence-corrected chi connectivity index (χ4v) is 3.39. The van der Waals surface area contributed by atoms with Gasteiger partial charge in [-0.2, -0.15) is 0 Å². The molecule has 0 spiro atoms. The topological polar surface area (TPSA) is 35.2 Å². The molecule has 0 bridgehead atoms. The van der Waals surface area contributed by atoms with E-state index in [0.717, 1.165) is 18.0 Å². The number of methoxy groups -OCH3 is 1. The van der Waals surface area contributed by atoms with Gasteiger partial charge in [-0.05, 0) is 42.1 Å². The summed E-state index contributed by atoms with van der Waals surface area (Å²) in [4.78, 5) is 1.39. The van der Waals surface area contributed by atoms with Crippen LogP contribution in [0.1, 0.15) is 18.4 Å². The van der Waals surface area contributed by atoms with Gasteiger partial charge in [-0.1, -0.05) is 6.92 Å². The van der Waals surface area contributed by atoms with Gasteiger partial charge in [0.15, 0.2) is 0 Å². The van der Waals surface area contributed by atoms with Gasteiger partial charge < -0.3 is 10.5 Å². The first kappa shape index (κ1) is 10.8. The maximum absolute atomic E-state index is 5.74. The molecule has 2 N–H and O–H groups in total. The van der Waals surface area contributed by atoms with Crippen molar-refractivity contribution in [2.75, 3.05) is 19.4 Å². The normalized spacial score (nSPS) is 21.1. The van der Waals surface area contributed by atoms with Crippen LogP contribution in [-0.4, -0.2) is 19.4 Å². The van der Waals surface area contributed by atoms with Crippen LogP contribution >= 0.6 is 11.8 Å². The smallest absolute Gasteiger partial charge is 0.119 e. The van der Waals surface area contributed by atoms with E-state index in [1.807, 2.05) is 17.8 Å². The molecule has 1 aromatic carbocycles. The van der Waals surface area contributed by atoms with E-state index in [4.69, 9.17) is 10.5 Å². The van der Waals surface area contributed by atoms with Gasteiger partial charge in [0.05, 0.1) is 7.11 Å². The Labute approximate surface area is 95.2 Å². The van der Waals surface area contributed by atoms with Crippen LogP contribution in [-0.2, 0) is 0 Å². The van der Waals surface area contributed by atoms with Crippen molar-refractivity contribution < 1.29 is 4.74 Å². The fraction of sp³-hybridized carbons (Fsp3) is 0.500. The van der Waals surface area contributed by atoms with Gasteiger partial charge >= 0.3 is 0 Å². The van der Waals surface area contributed by atoms with Gasteiger partial charge in [-0.3, -0.25) is 0 Å². The number of benzene rings is 1. The van der Waals surface area contributed by atoms with Crippen molar-refractivity contribution in [3.8, 4) is 5.75 Å². The van der Waals surface area contributed by atoms with Gasteiger partial charge in [0.25, 0.3) is 0 Å². The monoisotopic (exact) mass is 223 g/mol. The zero-order chi connectivity index (χ0) is 10.8. The summed E-state index contributed by atoms with van der Waals surface area (Å²) in [5.41, 5.74) is 7.15. The molecular formula is C12H17NOS. The molecule has 82 valence electrons. The Morgan fingerprint density at radius 3 is 3.07 bits per heavy atom. The Balaban J connectivity index is 2.31. The summed E-state index contributed by atoms with van der Waals surface area (Å²) in [6, 6.07) is 6.34. The second-order valence-corrected chi connectivity index (χ2v) is 5.10. The highest BCUT2D eigenvalue weighted by atomic mass is 32.2. The lowest BCUT2D eigenvalue weighted by molar-refractivity contribution is 0.412. The molecule has 3 heteroatoms. The molecule has 0 radical (unpaired) electrons. The zero-order valence-electron chi connectivity index (χ0n) is 9.19. The Morgan fingerprint density at radius 2 is 2.40 bits per heavy atom. The molecule has 1 aromatic rings. The first-order valence-electron chi connectivity index (χ1n) is 5.27. The lowest BCUT2D eigenvalue weighted by Crippen LogP contribution is -2.19. The summed E-state index contributed by atoms with van der Waals surface area (Å²) >= 11 is 1.93. The molecule has 1 aliphatic rings. The van der Waals surface area contributed by atoms with Crippen molar-refractivity contribution >= 4 is 11.8 Å². The van der Waals surface area contributed by atoms with Crippen molar-refractivity contribution in [3.63, 3.8) is 0 Å². The largest absolute Gasteiger partial charge is 0.497 e. The second-order valence-electron chi connectivity index (χ2n) is 4.03. The average Bonchev–Trinajstić information content (AvgIpc) is 2.70. The first-order valence-corrected chi connectivity index (χ1v) is 6.25. The number of hydrogen-bond acceptors (Lipinski definition) is 3. The maximum Gasteiger partial charge on any atom is 0.119 e. The highest BCUT2D eigenvalue weighted by molar-refractivity contribution is 7.99. The predicted molar refractivity (Wildman–Crippen MR) is 64.7 cm³/mol. The van der Waals surface area contributed by atoms with Crippen LogP contribution in [0.25, 0.3) is 0 Å². The molecule has 0 saturated carbocycles. The van der Waals surface area contributed by atoms with E-state index in [0.29, 0.717) is 11.8 Å². The molecule has 2 unspecified atom stereocenters. The summed E-state index contributed by atoms with van der Waals surface area (Å²) in [5, 5.41) is 0. The van der Waals surface area contributed by atoms with E-state index in [9.17, 15) is 0 Å². The second kappa shape index (κ2) is 4.45. The van der Waals surface area contributed by atoms with Crippen molar-refractivity contribution in [3.05, 3.63) is 23.8 Å². The Morgan fingerprint density at radius 1 is 1.60 bits per heavy atom. The molecule has 2 nitrogen and oxygen atoms in total. The van der Waals surface area contributed by atoms with Crippen LogP contribution in [0.3, 0.4) is 0 Å². The third-order valence-electron chi connectivity index (χ3n) is 3.09. The molecule has 0 aliphatic carbocycles. The summed E-state index contributed by atoms with van der Waals surface area (Å²) in [7, 11) is 1.71. The van der Waals surface area contributed by atoms with Crippen molar-refractivity contribution in [1.82, 2.24) is 0 Å². The minimum atomic E-state index is 0.547. The van der Waals surface area contributed by atoms with Crippen LogP contribution in [0.2, 0.25) is 0 Å². The van der Waals surface area contributed by atoms with Crippen LogP contribution in [0.5, 0.6) is 5.75 Å². The molecule has 0 aromatic heterocycles. The van der Waals surface area contributed by atoms with E-state index < -0.39 is 0 Å². The molecule has 0 fully saturated rings. The van der Waals surface area contributed by atoms with Crippen LogP contribution in [0, 0.1) is 5.92 Å². The summed E-state index contributed by atoms with van der Waals surface area (Å²) in [6.07, 6.45) is 0. The van der Waals surface area contributed by atoms with Gasteiger partial charge in [-0.25, -0.2) is 0 Å². The van der Waals surface area contributed by atoms with Crippen molar-refractivity contribution in [2.45, 2.75) is 17.7 Å². The minimum Gasteiger partial charge on any atom is -0.497 e. The summed E-state index contributed by atoms with van der Waals surface area (Å²) in [6.45, 7) is 2.97. The highest BCUT2D eigenvalue weighted by Crippen LogP contribution is 2.44. The first-order chi connectivity index (χ1) is 7.26. The van der Waals surface area contributed by atoms with E-state index in [1.165, 1.54) is 10.5 Å². The number of fused-ring (bicyclic) bond motifs is 1. The quantitative estimate of drug-likeness (QED) is 0.855. The minimum absolute atomic E-state index is 0.547. The van der Waals surface area contributed by atoms with E-state index in [2.05, 4.69) is 19.1 Å². The third-order valence-corrected chi connectivity index (χ3v) is 4.30. The lowest BCUT2D eigenvalue weighted by Gasteiger charge is -2.17. The SMILES string of the molecule is COc1ccc2c(c1)C(C(C)CN)CS2. The standard InChI is InChI=1S/C12H17NOS/c1-8(6-13)11-7-15-12-4-3-9(14-2)5-10(11)12/h3-5,8,11H,6-7,13H2,1-2H3. The summed E-state index contributed by atoms with van der Waals surface area (Å²) in [5.74, 6) is 3.24. The molecule has 2 atom stereocenters. The molecule has 15 heavy (non-hydrogen) atoms. The van der Waals surface area contributed by atoms with Gasteiger partial charge in [0.1, 0.15) is 5.75 Å². The highest BCUT2D eigenvalue weighted by Gasteiger charge is 2.27. The third kappa shape index (κ3) is 1.99. The van der Waals surface area contributed by atoms with Crippen molar-refractivity contribution in [2.24, 2.45) is 11.7 Å². The van der Waals surface area contributed by atoms with Gasteiger partial charge in [-0.15, -0.1) is 11.8 Å². The average molecular weight is 223 g/mol. The number of rotatable bonds is 3. The predicted octanol–water partition coefficient (Wildman–Crippen LogP) is 2.48. The Hall–Kier alpha value is -0.670. The number of hydrogen-bond donors (Lipinski definition) is 1. The zero-order valence-corrected chi connectivity index (χ0v) is 10.0. The molecule has 1 aliphatic heterocycles. The number of nitrogens with two attached hydrogens (primary N) is 1. The van der Waals surface area contributed by atoms with E-state index >= 15 is 0 Å². The molecule has 0 amide bonds. The molecular weight excluding hydrogens is 206 g/mol. The molecule has 2 rings (SSSR count). The number of thioether (sulfide) groups is 1. The van der Waals surface area contributed by atoms with Gasteiger partial charge in [0.2, 0.25) is 0 Å². The van der Waals surface area contributed by atoms with Crippen LogP contribution < -0.4 is 10.5 Å². The van der Waals surface area contributed by atoms with Crippen molar-refractivity contribution in [1.29, 1.82) is 0 Å². The lowest BCUT2D eigenvalue weighted by atomic mass is 9.89. The fourth-order valence-electron chi connectivity index (χ4n) is 1.98. The van der Waals surface area contributed by atoms with Gasteiger partial charge in [0, 0.05) is 10.6 Å². The van der Waals surface area contributed by atoms with Crippen LogP contribution in [0.4, 0.5) is 0 Å². The Bertz CT molecular complexity index is 353. The number of ether oxygens (including phenoxy) is 1. The summed E-state index contributed by atoms with van der Waals surface area (Å²) < 4.78 is 5.26. The van der Waals surface area contributed by atoms with E-state index in [1.54, 1.807) is 7.11 Å². The molecule has 1 heterocycles. The van der Waals surface area contributed by atoms with Crippen LogP contribution in [0.15, 0.2) is 23.1 Å². The molecule has 0 saturated heterocycles.